The highest BCUT2D eigenvalue weighted by Gasteiger charge is 2.03. The SMILES string of the molecule is Cc1cc(C)c(CC#CCc2c(C)cc(C)cc2C)c(C)c1. The lowest BCUT2D eigenvalue weighted by Gasteiger charge is -2.09. The van der Waals surface area contributed by atoms with Crippen LogP contribution in [0.15, 0.2) is 24.3 Å². The standard InChI is InChI=1S/C22H26/c1-15-11-17(3)21(18(4)12-15)9-7-8-10-22-19(5)13-16(2)14-20(22)6/h11-14H,9-10H2,1-6H3. The quantitative estimate of drug-likeness (QED) is 0.656. The zero-order valence-corrected chi connectivity index (χ0v) is 14.7. The van der Waals surface area contributed by atoms with Crippen molar-refractivity contribution in [3.63, 3.8) is 0 Å². The van der Waals surface area contributed by atoms with Crippen LogP contribution in [0.4, 0.5) is 0 Å². The number of aryl methyl sites for hydroxylation is 6. The fourth-order valence-electron chi connectivity index (χ4n) is 3.28. The van der Waals surface area contributed by atoms with Crippen LogP contribution in [0.1, 0.15) is 44.5 Å². The average Bonchev–Trinajstić information content (AvgIpc) is 2.38. The summed E-state index contributed by atoms with van der Waals surface area (Å²) in [6.07, 6.45) is 1.70. The van der Waals surface area contributed by atoms with E-state index in [1.165, 1.54) is 44.5 Å². The molecule has 0 aliphatic heterocycles. The molecule has 0 radical (unpaired) electrons. The van der Waals surface area contributed by atoms with Gasteiger partial charge in [-0.25, -0.2) is 0 Å². The van der Waals surface area contributed by atoms with Crippen molar-refractivity contribution < 1.29 is 0 Å². The summed E-state index contributed by atoms with van der Waals surface area (Å²) < 4.78 is 0. The average molecular weight is 290 g/mol. The van der Waals surface area contributed by atoms with E-state index in [2.05, 4.69) is 77.6 Å². The summed E-state index contributed by atoms with van der Waals surface area (Å²) >= 11 is 0. The summed E-state index contributed by atoms with van der Waals surface area (Å²) in [5.74, 6) is 6.74. The summed E-state index contributed by atoms with van der Waals surface area (Å²) in [6, 6.07) is 8.99. The Morgan fingerprint density at radius 2 is 0.818 bits per heavy atom. The van der Waals surface area contributed by atoms with Crippen molar-refractivity contribution >= 4 is 0 Å². The number of benzene rings is 2. The molecule has 0 aliphatic carbocycles. The Hall–Kier alpha value is -2.00. The molecule has 0 spiro atoms. The zero-order valence-electron chi connectivity index (χ0n) is 14.7. The molecule has 2 aromatic carbocycles. The van der Waals surface area contributed by atoms with Crippen LogP contribution in [-0.2, 0) is 12.8 Å². The summed E-state index contributed by atoms with van der Waals surface area (Å²) in [7, 11) is 0. The monoisotopic (exact) mass is 290 g/mol. The Labute approximate surface area is 135 Å². The minimum atomic E-state index is 0.849. The predicted octanol–water partition coefficient (Wildman–Crippen LogP) is 5.33. The first kappa shape index (κ1) is 16.4. The van der Waals surface area contributed by atoms with E-state index in [-0.39, 0.29) is 0 Å². The molecule has 114 valence electrons. The Kier molecular flexibility index (Phi) is 5.09. The fourth-order valence-corrected chi connectivity index (χ4v) is 3.28. The van der Waals surface area contributed by atoms with E-state index in [0.717, 1.165) is 12.8 Å². The summed E-state index contributed by atoms with van der Waals surface area (Å²) in [6.45, 7) is 13.0. The first-order valence-electron chi connectivity index (χ1n) is 7.97. The van der Waals surface area contributed by atoms with E-state index in [4.69, 9.17) is 0 Å². The number of rotatable bonds is 2. The topological polar surface area (TPSA) is 0 Å². The van der Waals surface area contributed by atoms with Crippen molar-refractivity contribution in [2.24, 2.45) is 0 Å². The van der Waals surface area contributed by atoms with Crippen LogP contribution in [0.25, 0.3) is 0 Å². The van der Waals surface area contributed by atoms with Crippen LogP contribution >= 0.6 is 0 Å². The molecule has 0 saturated carbocycles. The molecule has 0 heterocycles. The van der Waals surface area contributed by atoms with Gasteiger partial charge < -0.3 is 0 Å². The van der Waals surface area contributed by atoms with E-state index in [1.54, 1.807) is 0 Å². The fraction of sp³-hybridized carbons (Fsp3) is 0.364. The maximum atomic E-state index is 3.37. The van der Waals surface area contributed by atoms with Crippen LogP contribution in [0, 0.1) is 53.4 Å². The minimum Gasteiger partial charge on any atom is -0.0982 e. The molecular weight excluding hydrogens is 264 g/mol. The van der Waals surface area contributed by atoms with Crippen LogP contribution in [0.3, 0.4) is 0 Å². The van der Waals surface area contributed by atoms with Gasteiger partial charge in [0, 0.05) is 12.8 Å². The molecule has 0 fully saturated rings. The largest absolute Gasteiger partial charge is 0.0982 e. The second kappa shape index (κ2) is 6.84. The molecule has 2 aromatic rings. The van der Waals surface area contributed by atoms with Gasteiger partial charge in [0.05, 0.1) is 0 Å². The van der Waals surface area contributed by atoms with Crippen molar-refractivity contribution in [1.29, 1.82) is 0 Å². The van der Waals surface area contributed by atoms with E-state index in [1.807, 2.05) is 0 Å². The molecule has 0 aliphatic rings. The molecule has 0 saturated heterocycles. The molecule has 22 heavy (non-hydrogen) atoms. The third-order valence-electron chi connectivity index (χ3n) is 4.34. The van der Waals surface area contributed by atoms with Crippen molar-refractivity contribution in [3.8, 4) is 11.8 Å². The van der Waals surface area contributed by atoms with Gasteiger partial charge in [-0.3, -0.25) is 0 Å². The van der Waals surface area contributed by atoms with Gasteiger partial charge in [-0.05, 0) is 74.9 Å². The molecule has 0 unspecified atom stereocenters. The maximum Gasteiger partial charge on any atom is 0.0345 e. The summed E-state index contributed by atoms with van der Waals surface area (Å²) in [4.78, 5) is 0. The zero-order chi connectivity index (χ0) is 16.3. The molecule has 0 aromatic heterocycles. The normalized spacial score (nSPS) is 10.3. The van der Waals surface area contributed by atoms with E-state index in [9.17, 15) is 0 Å². The summed E-state index contributed by atoms with van der Waals surface area (Å²) in [5, 5.41) is 0. The molecule has 0 bridgehead atoms. The molecule has 0 heteroatoms. The van der Waals surface area contributed by atoms with E-state index in [0.29, 0.717) is 0 Å². The highest BCUT2D eigenvalue weighted by molar-refractivity contribution is 5.42. The van der Waals surface area contributed by atoms with E-state index >= 15 is 0 Å². The van der Waals surface area contributed by atoms with Gasteiger partial charge in [0.15, 0.2) is 0 Å². The van der Waals surface area contributed by atoms with Crippen molar-refractivity contribution in [2.75, 3.05) is 0 Å². The van der Waals surface area contributed by atoms with Crippen molar-refractivity contribution in [1.82, 2.24) is 0 Å². The van der Waals surface area contributed by atoms with Gasteiger partial charge in [0.2, 0.25) is 0 Å². The lowest BCUT2D eigenvalue weighted by molar-refractivity contribution is 1.15. The van der Waals surface area contributed by atoms with Crippen LogP contribution in [-0.4, -0.2) is 0 Å². The second-order valence-corrected chi connectivity index (χ2v) is 6.46. The molecule has 2 rings (SSSR count). The van der Waals surface area contributed by atoms with E-state index < -0.39 is 0 Å². The number of hydrogen-bond donors (Lipinski definition) is 0. The van der Waals surface area contributed by atoms with Crippen LogP contribution in [0.2, 0.25) is 0 Å². The molecule has 0 nitrogen and oxygen atoms in total. The Balaban J connectivity index is 2.14. The number of hydrogen-bond acceptors (Lipinski definition) is 0. The Bertz CT molecular complexity index is 642. The lowest BCUT2D eigenvalue weighted by Crippen LogP contribution is -1.95. The van der Waals surface area contributed by atoms with Gasteiger partial charge in [0.25, 0.3) is 0 Å². The highest BCUT2D eigenvalue weighted by Crippen LogP contribution is 2.18. The highest BCUT2D eigenvalue weighted by atomic mass is 14.1. The lowest BCUT2D eigenvalue weighted by atomic mass is 9.96. The molecule has 0 atom stereocenters. The third-order valence-corrected chi connectivity index (χ3v) is 4.34. The summed E-state index contributed by atoms with van der Waals surface area (Å²) in [5.41, 5.74) is 10.9. The molecule has 0 amide bonds. The third kappa shape index (κ3) is 3.80. The van der Waals surface area contributed by atoms with Gasteiger partial charge >= 0.3 is 0 Å². The smallest absolute Gasteiger partial charge is 0.0345 e. The van der Waals surface area contributed by atoms with Crippen LogP contribution in [0.5, 0.6) is 0 Å². The minimum absolute atomic E-state index is 0.849. The molecule has 0 N–H and O–H groups in total. The van der Waals surface area contributed by atoms with Gasteiger partial charge in [0.1, 0.15) is 0 Å². The van der Waals surface area contributed by atoms with Gasteiger partial charge in [-0.15, -0.1) is 0 Å². The van der Waals surface area contributed by atoms with Gasteiger partial charge in [-0.1, -0.05) is 47.2 Å². The van der Waals surface area contributed by atoms with Gasteiger partial charge in [-0.2, -0.15) is 0 Å². The first-order chi connectivity index (χ1) is 10.4. The van der Waals surface area contributed by atoms with Crippen molar-refractivity contribution in [3.05, 3.63) is 68.8 Å². The Morgan fingerprint density at radius 3 is 1.09 bits per heavy atom. The van der Waals surface area contributed by atoms with Crippen molar-refractivity contribution in [2.45, 2.75) is 54.4 Å². The molecular formula is C22H26. The first-order valence-corrected chi connectivity index (χ1v) is 7.97. The second-order valence-electron chi connectivity index (χ2n) is 6.46. The Morgan fingerprint density at radius 1 is 0.545 bits per heavy atom. The maximum absolute atomic E-state index is 3.37. The predicted molar refractivity (Wildman–Crippen MR) is 96.5 cm³/mol. The van der Waals surface area contributed by atoms with Crippen LogP contribution < -0.4 is 0 Å².